The van der Waals surface area contributed by atoms with Gasteiger partial charge in [-0.05, 0) is 73.4 Å². The third kappa shape index (κ3) is 6.73. The van der Waals surface area contributed by atoms with Gasteiger partial charge >= 0.3 is 0 Å². The largest absolute Gasteiger partial charge is 0.365 e. The molecule has 1 fully saturated rings. The molecular weight excluding hydrogens is 449 g/mol. The number of anilines is 1. The summed E-state index contributed by atoms with van der Waals surface area (Å²) in [5, 5.41) is 6.97. The summed E-state index contributed by atoms with van der Waals surface area (Å²) in [5.74, 6) is 1.08. The van der Waals surface area contributed by atoms with Crippen LogP contribution in [0.5, 0.6) is 0 Å². The van der Waals surface area contributed by atoms with Gasteiger partial charge in [0.25, 0.3) is 0 Å². The summed E-state index contributed by atoms with van der Waals surface area (Å²) >= 11 is 0. The lowest BCUT2D eigenvalue weighted by atomic mass is 9.83. The van der Waals surface area contributed by atoms with Crippen molar-refractivity contribution in [3.63, 3.8) is 0 Å². The minimum absolute atomic E-state index is 0.240. The van der Waals surface area contributed by atoms with Crippen molar-refractivity contribution in [3.8, 4) is 11.3 Å². The first-order valence-electron chi connectivity index (χ1n) is 12.7. The number of nitrogens with zero attached hydrogens (tertiary/aromatic N) is 3. The Labute approximate surface area is 212 Å². The Kier molecular flexibility index (Phi) is 7.93. The molecule has 4 aromatic rings. The zero-order valence-electron chi connectivity index (χ0n) is 20.4. The Morgan fingerprint density at radius 2 is 1.67 bits per heavy atom. The molecule has 2 aromatic carbocycles. The number of pyridine rings is 1. The molecule has 0 spiro atoms. The summed E-state index contributed by atoms with van der Waals surface area (Å²) in [6.07, 6.45) is 11.2. The number of hydrogen-bond donors (Lipinski definition) is 2. The van der Waals surface area contributed by atoms with Crippen LogP contribution in [-0.2, 0) is 19.5 Å². The monoisotopic (exact) mass is 481 g/mol. The maximum absolute atomic E-state index is 13.4. The van der Waals surface area contributed by atoms with E-state index in [0.29, 0.717) is 24.3 Å². The lowest BCUT2D eigenvalue weighted by Crippen LogP contribution is -2.33. The quantitative estimate of drug-likeness (QED) is 0.299. The molecule has 2 aromatic heterocycles. The zero-order valence-corrected chi connectivity index (χ0v) is 20.4. The van der Waals surface area contributed by atoms with Crippen LogP contribution in [0.4, 0.5) is 10.2 Å². The Hall–Kier alpha value is -3.64. The summed E-state index contributed by atoms with van der Waals surface area (Å²) in [7, 11) is 0. The molecule has 5 nitrogen and oxygen atoms in total. The molecule has 5 rings (SSSR count). The van der Waals surface area contributed by atoms with E-state index in [1.165, 1.54) is 43.4 Å². The van der Waals surface area contributed by atoms with Crippen LogP contribution in [0.15, 0.2) is 85.3 Å². The first-order valence-corrected chi connectivity index (χ1v) is 12.7. The van der Waals surface area contributed by atoms with Crippen molar-refractivity contribution in [3.05, 3.63) is 108 Å². The van der Waals surface area contributed by atoms with Crippen LogP contribution < -0.4 is 10.6 Å². The van der Waals surface area contributed by atoms with Crippen LogP contribution in [0.1, 0.15) is 42.5 Å². The molecule has 0 radical (unpaired) electrons. The Morgan fingerprint density at radius 3 is 2.50 bits per heavy atom. The van der Waals surface area contributed by atoms with E-state index in [-0.39, 0.29) is 5.82 Å². The van der Waals surface area contributed by atoms with Gasteiger partial charge in [-0.2, -0.15) is 0 Å². The average Bonchev–Trinajstić information content (AvgIpc) is 2.93. The number of hydrogen-bond acceptors (Lipinski definition) is 5. The molecule has 2 heterocycles. The van der Waals surface area contributed by atoms with Crippen LogP contribution in [0.25, 0.3) is 11.3 Å². The molecule has 0 atom stereocenters. The number of aromatic nitrogens is 3. The molecule has 6 heteroatoms. The lowest BCUT2D eigenvalue weighted by Gasteiger charge is -2.29. The van der Waals surface area contributed by atoms with Crippen molar-refractivity contribution in [2.45, 2.75) is 51.2 Å². The standard InChI is InChI=1S/C30H32FN5/c31-26-8-4-7-24(15-26)19-35-30-21-32-20-29(36-30)25-13-14-33-28(17-25)16-22-9-11-27(12-10-22)34-18-23-5-2-1-3-6-23/h1-8,13-15,17,20-22,27,34H,9-12,16,18-19H2,(H,35,36). The Bertz CT molecular complexity index is 1250. The second-order valence-electron chi connectivity index (χ2n) is 9.60. The highest BCUT2D eigenvalue weighted by Gasteiger charge is 2.21. The Balaban J connectivity index is 1.14. The van der Waals surface area contributed by atoms with Crippen molar-refractivity contribution in [1.82, 2.24) is 20.3 Å². The van der Waals surface area contributed by atoms with Gasteiger partial charge in [0.15, 0.2) is 0 Å². The van der Waals surface area contributed by atoms with Gasteiger partial charge in [-0.15, -0.1) is 0 Å². The minimum atomic E-state index is -0.240. The van der Waals surface area contributed by atoms with Crippen molar-refractivity contribution in [2.24, 2.45) is 5.92 Å². The molecule has 184 valence electrons. The molecule has 36 heavy (non-hydrogen) atoms. The fraction of sp³-hybridized carbons (Fsp3) is 0.300. The fourth-order valence-electron chi connectivity index (χ4n) is 4.90. The number of halogens is 1. The van der Waals surface area contributed by atoms with Crippen molar-refractivity contribution >= 4 is 5.82 Å². The van der Waals surface area contributed by atoms with E-state index in [0.717, 1.165) is 35.5 Å². The predicted octanol–water partition coefficient (Wildman–Crippen LogP) is 6.18. The minimum Gasteiger partial charge on any atom is -0.365 e. The average molecular weight is 482 g/mol. The highest BCUT2D eigenvalue weighted by molar-refractivity contribution is 5.60. The molecule has 2 N–H and O–H groups in total. The highest BCUT2D eigenvalue weighted by atomic mass is 19.1. The van der Waals surface area contributed by atoms with Gasteiger partial charge < -0.3 is 10.6 Å². The second-order valence-corrected chi connectivity index (χ2v) is 9.60. The zero-order chi connectivity index (χ0) is 24.6. The van der Waals surface area contributed by atoms with Crippen LogP contribution in [-0.4, -0.2) is 21.0 Å². The topological polar surface area (TPSA) is 62.7 Å². The predicted molar refractivity (Wildman–Crippen MR) is 142 cm³/mol. The maximum Gasteiger partial charge on any atom is 0.145 e. The summed E-state index contributed by atoms with van der Waals surface area (Å²) < 4.78 is 13.4. The first-order chi connectivity index (χ1) is 17.7. The molecule has 0 bridgehead atoms. The van der Waals surface area contributed by atoms with Crippen molar-refractivity contribution in [1.29, 1.82) is 0 Å². The smallest absolute Gasteiger partial charge is 0.145 e. The molecule has 0 aliphatic heterocycles. The van der Waals surface area contributed by atoms with Gasteiger partial charge in [0, 0.05) is 36.6 Å². The molecule has 1 aliphatic carbocycles. The third-order valence-electron chi connectivity index (χ3n) is 6.89. The van der Waals surface area contributed by atoms with E-state index in [4.69, 9.17) is 4.98 Å². The second kappa shape index (κ2) is 11.9. The van der Waals surface area contributed by atoms with Gasteiger partial charge in [-0.25, -0.2) is 9.37 Å². The molecule has 0 unspecified atom stereocenters. The lowest BCUT2D eigenvalue weighted by molar-refractivity contribution is 0.288. The number of benzene rings is 2. The third-order valence-corrected chi connectivity index (χ3v) is 6.89. The molecule has 1 saturated carbocycles. The normalized spacial score (nSPS) is 17.6. The van der Waals surface area contributed by atoms with E-state index in [1.54, 1.807) is 18.5 Å². The van der Waals surface area contributed by atoms with Crippen LogP contribution in [0.3, 0.4) is 0 Å². The number of nitrogens with one attached hydrogen (secondary N) is 2. The van der Waals surface area contributed by atoms with Crippen molar-refractivity contribution in [2.75, 3.05) is 5.32 Å². The Morgan fingerprint density at radius 1 is 0.833 bits per heavy atom. The highest BCUT2D eigenvalue weighted by Crippen LogP contribution is 2.28. The maximum atomic E-state index is 13.4. The van der Waals surface area contributed by atoms with E-state index >= 15 is 0 Å². The van der Waals surface area contributed by atoms with Crippen molar-refractivity contribution < 1.29 is 4.39 Å². The van der Waals surface area contributed by atoms with Gasteiger partial charge in [-0.1, -0.05) is 42.5 Å². The van der Waals surface area contributed by atoms with Crippen LogP contribution in [0.2, 0.25) is 0 Å². The first kappa shape index (κ1) is 24.1. The summed E-state index contributed by atoms with van der Waals surface area (Å²) in [4.78, 5) is 13.7. The van der Waals surface area contributed by atoms with E-state index < -0.39 is 0 Å². The van der Waals surface area contributed by atoms with Crippen LogP contribution in [0, 0.1) is 11.7 Å². The summed E-state index contributed by atoms with van der Waals surface area (Å²) in [6.45, 7) is 1.43. The van der Waals surface area contributed by atoms with Gasteiger partial charge in [-0.3, -0.25) is 9.97 Å². The van der Waals surface area contributed by atoms with Crippen LogP contribution >= 0.6 is 0 Å². The summed E-state index contributed by atoms with van der Waals surface area (Å²) in [6, 6.07) is 21.9. The molecule has 0 saturated heterocycles. The molecular formula is C30H32FN5. The number of rotatable bonds is 9. The van der Waals surface area contributed by atoms with E-state index in [9.17, 15) is 4.39 Å². The molecule has 1 aliphatic rings. The molecule has 0 amide bonds. The van der Waals surface area contributed by atoms with Gasteiger partial charge in [0.2, 0.25) is 0 Å². The van der Waals surface area contributed by atoms with Gasteiger partial charge in [0.05, 0.1) is 18.1 Å². The van der Waals surface area contributed by atoms with E-state index in [2.05, 4.69) is 57.0 Å². The summed E-state index contributed by atoms with van der Waals surface area (Å²) in [5.41, 5.74) is 5.13. The fourth-order valence-corrected chi connectivity index (χ4v) is 4.90. The van der Waals surface area contributed by atoms with Gasteiger partial charge in [0.1, 0.15) is 11.6 Å². The van der Waals surface area contributed by atoms with E-state index in [1.807, 2.05) is 18.3 Å². The SMILES string of the molecule is Fc1cccc(CNc2cncc(-c3ccnc(CC4CCC(NCc5ccccc5)CC4)c3)n2)c1.